The van der Waals surface area contributed by atoms with E-state index in [0.717, 1.165) is 19.4 Å². The smallest absolute Gasteiger partial charge is 0.303 e. The van der Waals surface area contributed by atoms with Crippen LogP contribution < -0.4 is 20.2 Å². The van der Waals surface area contributed by atoms with E-state index in [4.69, 9.17) is 32.8 Å². The van der Waals surface area contributed by atoms with Gasteiger partial charge in [0, 0.05) is 39.8 Å². The summed E-state index contributed by atoms with van der Waals surface area (Å²) < 4.78 is 40.0. The molecule has 0 aromatic heterocycles. The normalized spacial score (nSPS) is 20.6. The number of nitrogens with one attached hydrogen (secondary N) is 1. The van der Waals surface area contributed by atoms with E-state index in [0.29, 0.717) is 34.1 Å². The molecule has 0 saturated carbocycles. The van der Waals surface area contributed by atoms with Gasteiger partial charge in [0.1, 0.15) is 48.1 Å². The number of hydrogen-bond donors (Lipinski definition) is 1. The second-order valence-electron chi connectivity index (χ2n) is 10.7. The molecule has 2 aromatic rings. The Morgan fingerprint density at radius 1 is 0.830 bits per heavy atom. The molecule has 5 rings (SSSR count). The fraction of sp³-hybridized carbons (Fsp3) is 0.333. The highest BCUT2D eigenvalue weighted by Gasteiger charge is 2.52. The molecule has 2 heterocycles. The molecule has 14 nitrogen and oxygen atoms in total. The number of benzene rings is 3. The topological polar surface area (TPSA) is 179 Å². The molecule has 1 saturated heterocycles. The fourth-order valence-corrected chi connectivity index (χ4v) is 5.03. The summed E-state index contributed by atoms with van der Waals surface area (Å²) in [6.07, 6.45) is -4.81. The van der Waals surface area contributed by atoms with Crippen molar-refractivity contribution in [2.75, 3.05) is 6.61 Å². The standard InChI is InChI=1S/C33H32N2O12/c1-17(36)34-30-32(44-20(4)39)31(43-19(3)38)29(16-41-18(2)37)47-33(30)45-23-8-5-21(6-9-23)15-42-24-10-12-26-28(14-24)46-27-13-22(40)7-11-25(27)35-26/h5-14,29-33H,15-16H2,1-4H3,(H,34,36)/t29-,30-,31-,32-,33-/m1/s1. The van der Waals surface area contributed by atoms with Crippen LogP contribution in [0.15, 0.2) is 69.9 Å². The minimum absolute atomic E-state index is 0.180. The van der Waals surface area contributed by atoms with Gasteiger partial charge in [0.25, 0.3) is 0 Å². The van der Waals surface area contributed by atoms with Crippen LogP contribution in [-0.2, 0) is 44.7 Å². The number of hydrogen-bond acceptors (Lipinski definition) is 13. The number of fused-ring (bicyclic) bond motifs is 2. The third-order valence-electron chi connectivity index (χ3n) is 6.98. The van der Waals surface area contributed by atoms with E-state index in [-0.39, 0.29) is 18.6 Å². The lowest BCUT2D eigenvalue weighted by atomic mass is 9.96. The summed E-state index contributed by atoms with van der Waals surface area (Å²) in [6, 6.07) is 15.3. The van der Waals surface area contributed by atoms with Gasteiger partial charge in [-0.25, -0.2) is 4.98 Å². The Morgan fingerprint density at radius 2 is 1.53 bits per heavy atom. The van der Waals surface area contributed by atoms with E-state index < -0.39 is 54.5 Å². The number of amides is 1. The van der Waals surface area contributed by atoms with E-state index in [1.807, 2.05) is 0 Å². The molecule has 3 aliphatic rings. The first-order valence-corrected chi connectivity index (χ1v) is 14.6. The monoisotopic (exact) mass is 648 g/mol. The van der Waals surface area contributed by atoms with Crippen molar-refractivity contribution in [3.05, 3.63) is 76.5 Å². The van der Waals surface area contributed by atoms with Gasteiger partial charge in [-0.05, 0) is 42.0 Å². The van der Waals surface area contributed by atoms with Gasteiger partial charge >= 0.3 is 17.9 Å². The number of aromatic nitrogens is 1. The van der Waals surface area contributed by atoms with Crippen LogP contribution in [0.4, 0.5) is 0 Å². The summed E-state index contributed by atoms with van der Waals surface area (Å²) in [5, 5.41) is 2.66. The summed E-state index contributed by atoms with van der Waals surface area (Å²) in [4.78, 5) is 64.0. The van der Waals surface area contributed by atoms with Crippen molar-refractivity contribution in [1.82, 2.24) is 10.3 Å². The first-order valence-electron chi connectivity index (χ1n) is 14.6. The van der Waals surface area contributed by atoms with E-state index in [9.17, 15) is 24.0 Å². The summed E-state index contributed by atoms with van der Waals surface area (Å²) >= 11 is 0. The van der Waals surface area contributed by atoms with Crippen molar-refractivity contribution >= 4 is 34.9 Å². The fourth-order valence-electron chi connectivity index (χ4n) is 5.03. The second-order valence-corrected chi connectivity index (χ2v) is 10.7. The van der Waals surface area contributed by atoms with E-state index in [1.54, 1.807) is 48.5 Å². The highest BCUT2D eigenvalue weighted by atomic mass is 16.7. The Bertz CT molecular complexity index is 1800. The zero-order chi connectivity index (χ0) is 33.7. The Balaban J connectivity index is 1.32. The van der Waals surface area contributed by atoms with Crippen molar-refractivity contribution in [2.45, 2.75) is 64.9 Å². The van der Waals surface area contributed by atoms with Gasteiger partial charge in [0.05, 0.1) is 0 Å². The quantitative estimate of drug-likeness (QED) is 0.151. The largest absolute Gasteiger partial charge is 0.489 e. The van der Waals surface area contributed by atoms with Gasteiger partial charge in [0.15, 0.2) is 29.0 Å². The predicted molar refractivity (Wildman–Crippen MR) is 162 cm³/mol. The molecule has 1 N–H and O–H groups in total. The van der Waals surface area contributed by atoms with Crippen molar-refractivity contribution in [3.63, 3.8) is 0 Å². The van der Waals surface area contributed by atoms with Crippen molar-refractivity contribution < 1.29 is 52.0 Å². The molecule has 2 aliphatic heterocycles. The molecule has 0 radical (unpaired) electrons. The zero-order valence-electron chi connectivity index (χ0n) is 25.9. The van der Waals surface area contributed by atoms with Crippen molar-refractivity contribution in [3.8, 4) is 23.0 Å². The Labute approximate surface area is 268 Å². The molecular formula is C33H32N2O12. The number of nitrogens with zero attached hydrogens (tertiary/aromatic N) is 1. The average Bonchev–Trinajstić information content (AvgIpc) is 3.01. The van der Waals surface area contributed by atoms with E-state index >= 15 is 0 Å². The minimum atomic E-state index is -1.25. The first kappa shape index (κ1) is 32.9. The van der Waals surface area contributed by atoms with E-state index in [1.165, 1.54) is 26.0 Å². The Morgan fingerprint density at radius 3 is 2.21 bits per heavy atom. The third-order valence-corrected chi connectivity index (χ3v) is 6.98. The van der Waals surface area contributed by atoms with Crippen LogP contribution in [0, 0.1) is 0 Å². The van der Waals surface area contributed by atoms with Crippen LogP contribution in [0.2, 0.25) is 0 Å². The molecule has 14 heteroatoms. The SMILES string of the molecule is CC(=O)N[C@H]1[C@H](Oc2ccc(COc3ccc4nc5ccc(=O)cc-5oc4c3)cc2)O[C@H](COC(C)=O)[C@@H](OC(C)=O)[C@@H]1OC(C)=O. The van der Waals surface area contributed by atoms with Gasteiger partial charge in [-0.15, -0.1) is 0 Å². The summed E-state index contributed by atoms with van der Waals surface area (Å²) in [5.74, 6) is -1.29. The number of ether oxygens (including phenoxy) is 6. The Kier molecular flexibility index (Phi) is 10.00. The van der Waals surface area contributed by atoms with Crippen molar-refractivity contribution in [1.29, 1.82) is 0 Å². The molecule has 47 heavy (non-hydrogen) atoms. The molecule has 246 valence electrons. The Hall–Kier alpha value is -5.50. The predicted octanol–water partition coefficient (Wildman–Crippen LogP) is 2.91. The number of rotatable bonds is 10. The summed E-state index contributed by atoms with van der Waals surface area (Å²) in [5.41, 5.74) is 2.24. The average molecular weight is 649 g/mol. The lowest BCUT2D eigenvalue weighted by Gasteiger charge is -2.44. The summed E-state index contributed by atoms with van der Waals surface area (Å²) in [7, 11) is 0. The maximum absolute atomic E-state index is 12.2. The van der Waals surface area contributed by atoms with Crippen molar-refractivity contribution in [2.24, 2.45) is 0 Å². The van der Waals surface area contributed by atoms with Gasteiger partial charge in [-0.3, -0.25) is 24.0 Å². The van der Waals surface area contributed by atoms with Gasteiger partial charge in [-0.2, -0.15) is 0 Å². The second kappa shape index (κ2) is 14.3. The van der Waals surface area contributed by atoms with Gasteiger partial charge in [-0.1, -0.05) is 12.1 Å². The zero-order valence-corrected chi connectivity index (χ0v) is 25.9. The number of carbonyl (C=O) groups is 4. The van der Waals surface area contributed by atoms with Gasteiger partial charge in [0.2, 0.25) is 12.2 Å². The lowest BCUT2D eigenvalue weighted by Crippen LogP contribution is -2.67. The molecule has 2 aromatic carbocycles. The van der Waals surface area contributed by atoms with Gasteiger partial charge < -0.3 is 38.2 Å². The van der Waals surface area contributed by atoms with E-state index in [2.05, 4.69) is 10.3 Å². The minimum Gasteiger partial charge on any atom is -0.489 e. The first-order chi connectivity index (χ1) is 22.4. The van der Waals surface area contributed by atoms with Crippen LogP contribution >= 0.6 is 0 Å². The van der Waals surface area contributed by atoms with Crippen LogP contribution in [0.3, 0.4) is 0 Å². The highest BCUT2D eigenvalue weighted by Crippen LogP contribution is 2.30. The molecule has 5 atom stereocenters. The number of carbonyl (C=O) groups excluding carboxylic acids is 4. The summed E-state index contributed by atoms with van der Waals surface area (Å²) in [6.45, 7) is 4.63. The molecule has 1 amide bonds. The van der Waals surface area contributed by atoms with Crippen LogP contribution in [0.25, 0.3) is 22.6 Å². The molecular weight excluding hydrogens is 616 g/mol. The van der Waals surface area contributed by atoms with Crippen LogP contribution in [-0.4, -0.2) is 66.0 Å². The lowest BCUT2D eigenvalue weighted by molar-refractivity contribution is -0.257. The van der Waals surface area contributed by atoms with Crippen LogP contribution in [0.1, 0.15) is 33.3 Å². The molecule has 0 spiro atoms. The van der Waals surface area contributed by atoms with Crippen LogP contribution in [0.5, 0.6) is 11.5 Å². The maximum Gasteiger partial charge on any atom is 0.303 e. The molecule has 0 unspecified atom stereocenters. The molecule has 1 fully saturated rings. The molecule has 1 aliphatic carbocycles. The number of esters is 3. The third kappa shape index (κ3) is 8.41. The highest BCUT2D eigenvalue weighted by molar-refractivity contribution is 5.77. The molecule has 0 bridgehead atoms. The maximum atomic E-state index is 12.2.